The van der Waals surface area contributed by atoms with E-state index >= 15 is 0 Å². The largest absolute Gasteiger partial charge is 0.349 e. The number of H-pyrrole nitrogens is 1. The Bertz CT molecular complexity index is 604. The quantitative estimate of drug-likeness (QED) is 0.703. The maximum Gasteiger partial charge on any atom is 0.250 e. The van der Waals surface area contributed by atoms with Gasteiger partial charge in [-0.1, -0.05) is 0 Å². The Hall–Kier alpha value is -1.22. The number of thiophene rings is 1. The van der Waals surface area contributed by atoms with Gasteiger partial charge in [-0.2, -0.15) is 0 Å². The molecule has 19 heavy (non-hydrogen) atoms. The highest BCUT2D eigenvalue weighted by Crippen LogP contribution is 2.21. The Kier molecular flexibility index (Phi) is 4.70. The van der Waals surface area contributed by atoms with Crippen LogP contribution in [0.2, 0.25) is 0 Å². The van der Waals surface area contributed by atoms with E-state index in [2.05, 4.69) is 20.0 Å². The molecule has 0 fully saturated rings. The standard InChI is InChI=1S/C11H16N4O2S2/c1-12-8-9-2-3-11(18-9)19(16,17)15-5-4-10-13-6-7-14-10/h2-3,6-7,12,15H,4-5,8H2,1H3,(H,13,14). The minimum absolute atomic E-state index is 0.328. The molecular weight excluding hydrogens is 284 g/mol. The number of nitrogens with zero attached hydrogens (tertiary/aromatic N) is 1. The second kappa shape index (κ2) is 6.29. The van der Waals surface area contributed by atoms with Crippen LogP contribution < -0.4 is 10.0 Å². The van der Waals surface area contributed by atoms with Gasteiger partial charge in [0, 0.05) is 36.8 Å². The first-order valence-electron chi connectivity index (χ1n) is 5.83. The Morgan fingerprint density at radius 1 is 1.42 bits per heavy atom. The third kappa shape index (κ3) is 3.87. The minimum atomic E-state index is -3.41. The van der Waals surface area contributed by atoms with Crippen molar-refractivity contribution in [3.8, 4) is 0 Å². The molecule has 0 aliphatic carbocycles. The van der Waals surface area contributed by atoms with Crippen molar-refractivity contribution in [1.29, 1.82) is 0 Å². The zero-order valence-electron chi connectivity index (χ0n) is 10.5. The van der Waals surface area contributed by atoms with Crippen molar-refractivity contribution < 1.29 is 8.42 Å². The summed E-state index contributed by atoms with van der Waals surface area (Å²) < 4.78 is 27.0. The predicted octanol–water partition coefficient (Wildman–Crippen LogP) is 0.712. The molecule has 0 saturated heterocycles. The summed E-state index contributed by atoms with van der Waals surface area (Å²) in [7, 11) is -1.58. The highest BCUT2D eigenvalue weighted by atomic mass is 32.2. The number of aromatic nitrogens is 2. The topological polar surface area (TPSA) is 86.9 Å². The minimum Gasteiger partial charge on any atom is -0.349 e. The van der Waals surface area contributed by atoms with Crippen molar-refractivity contribution >= 4 is 21.4 Å². The molecule has 104 valence electrons. The lowest BCUT2D eigenvalue weighted by Gasteiger charge is -2.03. The van der Waals surface area contributed by atoms with Crippen LogP contribution in [0.4, 0.5) is 0 Å². The fourth-order valence-corrected chi connectivity index (χ4v) is 4.03. The molecule has 3 N–H and O–H groups in total. The summed E-state index contributed by atoms with van der Waals surface area (Å²) in [5, 5.41) is 2.99. The van der Waals surface area contributed by atoms with Gasteiger partial charge in [0.1, 0.15) is 10.0 Å². The third-order valence-electron chi connectivity index (χ3n) is 2.46. The van der Waals surface area contributed by atoms with E-state index < -0.39 is 10.0 Å². The molecule has 0 aromatic carbocycles. The highest BCUT2D eigenvalue weighted by Gasteiger charge is 2.16. The number of aromatic amines is 1. The smallest absolute Gasteiger partial charge is 0.250 e. The second-order valence-electron chi connectivity index (χ2n) is 3.93. The van der Waals surface area contributed by atoms with Gasteiger partial charge in [0.2, 0.25) is 10.0 Å². The zero-order valence-corrected chi connectivity index (χ0v) is 12.1. The fourth-order valence-electron chi connectivity index (χ4n) is 1.58. The SMILES string of the molecule is CNCc1ccc(S(=O)(=O)NCCc2ncc[nH]2)s1. The summed E-state index contributed by atoms with van der Waals surface area (Å²) in [5.41, 5.74) is 0. The predicted molar refractivity (Wildman–Crippen MR) is 74.6 cm³/mol. The molecule has 0 aliphatic heterocycles. The van der Waals surface area contributed by atoms with Gasteiger partial charge in [0.15, 0.2) is 0 Å². The average Bonchev–Trinajstić information content (AvgIpc) is 3.00. The van der Waals surface area contributed by atoms with Crippen molar-refractivity contribution in [3.63, 3.8) is 0 Å². The van der Waals surface area contributed by atoms with Crippen LogP contribution in [0.1, 0.15) is 10.7 Å². The normalized spacial score (nSPS) is 11.8. The first kappa shape index (κ1) is 14.2. The summed E-state index contributed by atoms with van der Waals surface area (Å²) in [6.07, 6.45) is 3.90. The summed E-state index contributed by atoms with van der Waals surface area (Å²) in [6.45, 7) is 1.00. The van der Waals surface area contributed by atoms with E-state index in [1.807, 2.05) is 13.1 Å². The number of sulfonamides is 1. The molecule has 2 heterocycles. The number of rotatable bonds is 7. The molecule has 2 aromatic rings. The van der Waals surface area contributed by atoms with Crippen molar-refractivity contribution in [2.45, 2.75) is 17.2 Å². The van der Waals surface area contributed by atoms with Crippen LogP contribution in [0.3, 0.4) is 0 Å². The number of hydrogen-bond donors (Lipinski definition) is 3. The summed E-state index contributed by atoms with van der Waals surface area (Å²) in [4.78, 5) is 7.97. The number of nitrogens with one attached hydrogen (secondary N) is 3. The van der Waals surface area contributed by atoms with E-state index in [-0.39, 0.29) is 0 Å². The Labute approximate surface area is 116 Å². The van der Waals surface area contributed by atoms with E-state index in [0.717, 1.165) is 10.7 Å². The molecule has 8 heteroatoms. The van der Waals surface area contributed by atoms with Gasteiger partial charge in [-0.25, -0.2) is 18.1 Å². The van der Waals surface area contributed by atoms with Crippen molar-refractivity contribution in [2.75, 3.05) is 13.6 Å². The van der Waals surface area contributed by atoms with Crippen LogP contribution in [0, 0.1) is 0 Å². The summed E-state index contributed by atoms with van der Waals surface area (Å²) in [6, 6.07) is 3.45. The Morgan fingerprint density at radius 2 is 2.26 bits per heavy atom. The van der Waals surface area contributed by atoms with Gasteiger partial charge in [0.05, 0.1) is 0 Å². The van der Waals surface area contributed by atoms with Gasteiger partial charge in [-0.15, -0.1) is 11.3 Å². The molecule has 6 nitrogen and oxygen atoms in total. The van der Waals surface area contributed by atoms with Crippen LogP contribution in [-0.4, -0.2) is 32.0 Å². The third-order valence-corrected chi connectivity index (χ3v) is 5.50. The van der Waals surface area contributed by atoms with Crippen LogP contribution in [-0.2, 0) is 23.0 Å². The monoisotopic (exact) mass is 300 g/mol. The van der Waals surface area contributed by atoms with Crippen LogP contribution in [0.15, 0.2) is 28.7 Å². The molecule has 0 unspecified atom stereocenters. The van der Waals surface area contributed by atoms with Gasteiger partial charge in [0.25, 0.3) is 0 Å². The molecular formula is C11H16N4O2S2. The highest BCUT2D eigenvalue weighted by molar-refractivity contribution is 7.91. The fraction of sp³-hybridized carbons (Fsp3) is 0.364. The van der Waals surface area contributed by atoms with Crippen molar-refractivity contribution in [1.82, 2.24) is 20.0 Å². The summed E-state index contributed by atoms with van der Waals surface area (Å²) >= 11 is 1.28. The van der Waals surface area contributed by atoms with Gasteiger partial charge in [-0.3, -0.25) is 0 Å². The van der Waals surface area contributed by atoms with Gasteiger partial charge in [-0.05, 0) is 19.2 Å². The molecule has 0 aliphatic rings. The van der Waals surface area contributed by atoms with E-state index in [4.69, 9.17) is 0 Å². The van der Waals surface area contributed by atoms with E-state index in [0.29, 0.717) is 23.7 Å². The first-order chi connectivity index (χ1) is 9.12. The average molecular weight is 300 g/mol. The van der Waals surface area contributed by atoms with E-state index in [9.17, 15) is 8.42 Å². The maximum absolute atomic E-state index is 12.0. The first-order valence-corrected chi connectivity index (χ1v) is 8.13. The molecule has 0 spiro atoms. The van der Waals surface area contributed by atoms with Crippen molar-refractivity contribution in [2.24, 2.45) is 0 Å². The molecule has 0 bridgehead atoms. The molecule has 0 atom stereocenters. The summed E-state index contributed by atoms with van der Waals surface area (Å²) in [5.74, 6) is 0.768. The zero-order chi connectivity index (χ0) is 13.7. The van der Waals surface area contributed by atoms with E-state index in [1.54, 1.807) is 18.5 Å². The second-order valence-corrected chi connectivity index (χ2v) is 7.10. The van der Waals surface area contributed by atoms with Crippen LogP contribution in [0.25, 0.3) is 0 Å². The Morgan fingerprint density at radius 3 is 2.95 bits per heavy atom. The van der Waals surface area contributed by atoms with Crippen LogP contribution in [0.5, 0.6) is 0 Å². The lowest BCUT2D eigenvalue weighted by Crippen LogP contribution is -2.25. The molecule has 0 amide bonds. The maximum atomic E-state index is 12.0. The molecule has 2 aromatic heterocycles. The van der Waals surface area contributed by atoms with Gasteiger partial charge < -0.3 is 10.3 Å². The lowest BCUT2D eigenvalue weighted by atomic mass is 10.4. The molecule has 0 radical (unpaired) electrons. The molecule has 0 saturated carbocycles. The molecule has 2 rings (SSSR count). The number of imidazole rings is 1. The van der Waals surface area contributed by atoms with Gasteiger partial charge >= 0.3 is 0 Å². The lowest BCUT2D eigenvalue weighted by molar-refractivity contribution is 0.583. The van der Waals surface area contributed by atoms with E-state index in [1.165, 1.54) is 11.3 Å². The van der Waals surface area contributed by atoms with Crippen LogP contribution >= 0.6 is 11.3 Å². The number of hydrogen-bond acceptors (Lipinski definition) is 5. The Balaban J connectivity index is 1.93. The van der Waals surface area contributed by atoms with Crippen molar-refractivity contribution in [3.05, 3.63) is 35.2 Å².